The molecule has 4 nitrogen and oxygen atoms in total. The molecule has 5 heteroatoms. The van der Waals surface area contributed by atoms with E-state index in [0.29, 0.717) is 23.3 Å². The standard InChI is InChI=1S/C16H16ClN3O/c17-13-2-1-3-14(10-13)19-16(21)20(15-4-5-15)11-12-6-8-18-9-7-12/h1-3,6-10,15H,4-5,11H2,(H,19,21). The number of rotatable bonds is 4. The van der Waals surface area contributed by atoms with E-state index in [0.717, 1.165) is 18.4 Å². The summed E-state index contributed by atoms with van der Waals surface area (Å²) in [7, 11) is 0. The molecule has 108 valence electrons. The maximum Gasteiger partial charge on any atom is 0.322 e. The molecule has 1 saturated carbocycles. The number of urea groups is 1. The molecule has 1 aliphatic carbocycles. The van der Waals surface area contributed by atoms with Crippen molar-refractivity contribution in [2.24, 2.45) is 0 Å². The van der Waals surface area contributed by atoms with Gasteiger partial charge < -0.3 is 10.2 Å². The van der Waals surface area contributed by atoms with Gasteiger partial charge in [0, 0.05) is 35.7 Å². The number of carbonyl (C=O) groups is 1. The van der Waals surface area contributed by atoms with E-state index in [1.54, 1.807) is 24.5 Å². The fourth-order valence-electron chi connectivity index (χ4n) is 2.20. The van der Waals surface area contributed by atoms with Gasteiger partial charge in [-0.25, -0.2) is 4.79 Å². The van der Waals surface area contributed by atoms with Crippen LogP contribution in [0.25, 0.3) is 0 Å². The van der Waals surface area contributed by atoms with E-state index in [2.05, 4.69) is 10.3 Å². The molecule has 1 aromatic heterocycles. The lowest BCUT2D eigenvalue weighted by atomic mass is 10.2. The zero-order valence-corrected chi connectivity index (χ0v) is 12.3. The second kappa shape index (κ2) is 6.14. The smallest absolute Gasteiger partial charge is 0.317 e. The van der Waals surface area contributed by atoms with Crippen molar-refractivity contribution in [2.45, 2.75) is 25.4 Å². The van der Waals surface area contributed by atoms with Crippen LogP contribution in [0.2, 0.25) is 5.02 Å². The van der Waals surface area contributed by atoms with E-state index in [-0.39, 0.29) is 6.03 Å². The molecule has 1 aromatic carbocycles. The third-order valence-corrected chi connectivity index (χ3v) is 3.66. The van der Waals surface area contributed by atoms with Gasteiger partial charge >= 0.3 is 6.03 Å². The molecule has 0 bridgehead atoms. The quantitative estimate of drug-likeness (QED) is 0.930. The van der Waals surface area contributed by atoms with Crippen molar-refractivity contribution in [3.63, 3.8) is 0 Å². The number of nitrogens with zero attached hydrogens (tertiary/aromatic N) is 2. The highest BCUT2D eigenvalue weighted by Gasteiger charge is 2.32. The summed E-state index contributed by atoms with van der Waals surface area (Å²) in [6.07, 6.45) is 5.62. The van der Waals surface area contributed by atoms with E-state index in [9.17, 15) is 4.79 Å². The number of nitrogens with one attached hydrogen (secondary N) is 1. The summed E-state index contributed by atoms with van der Waals surface area (Å²) in [5.41, 5.74) is 1.80. The summed E-state index contributed by atoms with van der Waals surface area (Å²) in [5, 5.41) is 3.52. The van der Waals surface area contributed by atoms with Crippen LogP contribution in [0.4, 0.5) is 10.5 Å². The number of anilines is 1. The highest BCUT2D eigenvalue weighted by Crippen LogP contribution is 2.29. The predicted molar refractivity (Wildman–Crippen MR) is 83.3 cm³/mol. The van der Waals surface area contributed by atoms with Crippen molar-refractivity contribution in [1.29, 1.82) is 0 Å². The third kappa shape index (κ3) is 3.73. The Morgan fingerprint density at radius 2 is 2.05 bits per heavy atom. The van der Waals surface area contributed by atoms with Crippen LogP contribution in [0.1, 0.15) is 18.4 Å². The third-order valence-electron chi connectivity index (χ3n) is 3.43. The molecule has 0 saturated heterocycles. The van der Waals surface area contributed by atoms with E-state index in [4.69, 9.17) is 11.6 Å². The SMILES string of the molecule is O=C(Nc1cccc(Cl)c1)N(Cc1ccncc1)C1CC1. The summed E-state index contributed by atoms with van der Waals surface area (Å²) in [5.74, 6) is 0. The van der Waals surface area contributed by atoms with Gasteiger partial charge in [0.1, 0.15) is 0 Å². The van der Waals surface area contributed by atoms with Gasteiger partial charge in [-0.3, -0.25) is 4.98 Å². The molecule has 1 aliphatic rings. The number of halogens is 1. The molecule has 1 fully saturated rings. The maximum absolute atomic E-state index is 12.5. The first-order valence-corrected chi connectivity index (χ1v) is 7.32. The molecule has 0 aliphatic heterocycles. The van der Waals surface area contributed by atoms with Gasteiger partial charge in [-0.2, -0.15) is 0 Å². The molecule has 0 spiro atoms. The van der Waals surface area contributed by atoms with Crippen LogP contribution in [0.3, 0.4) is 0 Å². The van der Waals surface area contributed by atoms with Crippen molar-refractivity contribution in [2.75, 3.05) is 5.32 Å². The summed E-state index contributed by atoms with van der Waals surface area (Å²) in [4.78, 5) is 18.3. The zero-order chi connectivity index (χ0) is 14.7. The summed E-state index contributed by atoms with van der Waals surface area (Å²) in [6.45, 7) is 0.597. The number of amides is 2. The number of pyridine rings is 1. The molecule has 1 heterocycles. The van der Waals surface area contributed by atoms with Gasteiger partial charge in [0.2, 0.25) is 0 Å². The van der Waals surface area contributed by atoms with Crippen LogP contribution in [0.5, 0.6) is 0 Å². The minimum Gasteiger partial charge on any atom is -0.317 e. The van der Waals surface area contributed by atoms with Gasteiger partial charge in [0.25, 0.3) is 0 Å². The van der Waals surface area contributed by atoms with Gasteiger partial charge in [0.15, 0.2) is 0 Å². The molecule has 21 heavy (non-hydrogen) atoms. The summed E-state index contributed by atoms with van der Waals surface area (Å²) < 4.78 is 0. The van der Waals surface area contributed by atoms with Crippen LogP contribution in [0, 0.1) is 0 Å². The van der Waals surface area contributed by atoms with E-state index in [1.807, 2.05) is 29.2 Å². The Kier molecular flexibility index (Phi) is 4.06. The van der Waals surface area contributed by atoms with E-state index in [1.165, 1.54) is 0 Å². The lowest BCUT2D eigenvalue weighted by molar-refractivity contribution is 0.206. The van der Waals surface area contributed by atoms with Crippen LogP contribution >= 0.6 is 11.6 Å². The highest BCUT2D eigenvalue weighted by atomic mass is 35.5. The molecule has 0 radical (unpaired) electrons. The Bertz CT molecular complexity index is 628. The van der Waals surface area contributed by atoms with Crippen LogP contribution in [0.15, 0.2) is 48.8 Å². The molecule has 0 atom stereocenters. The molecule has 2 amide bonds. The lowest BCUT2D eigenvalue weighted by Crippen LogP contribution is -2.36. The first-order chi connectivity index (χ1) is 10.2. The number of hydrogen-bond acceptors (Lipinski definition) is 2. The fraction of sp³-hybridized carbons (Fsp3) is 0.250. The van der Waals surface area contributed by atoms with Gasteiger partial charge in [-0.15, -0.1) is 0 Å². The molecule has 1 N–H and O–H groups in total. The predicted octanol–water partition coefficient (Wildman–Crippen LogP) is 3.93. The molecular formula is C16H16ClN3O. The van der Waals surface area contributed by atoms with Gasteiger partial charge in [-0.1, -0.05) is 17.7 Å². The Morgan fingerprint density at radius 3 is 2.71 bits per heavy atom. The Morgan fingerprint density at radius 1 is 1.29 bits per heavy atom. The minimum absolute atomic E-state index is 0.0865. The lowest BCUT2D eigenvalue weighted by Gasteiger charge is -2.23. The summed E-state index contributed by atoms with van der Waals surface area (Å²) in [6, 6.07) is 11.3. The molecular weight excluding hydrogens is 286 g/mol. The van der Waals surface area contributed by atoms with Crippen molar-refractivity contribution >= 4 is 23.3 Å². The van der Waals surface area contributed by atoms with Crippen LogP contribution in [-0.4, -0.2) is 22.0 Å². The van der Waals surface area contributed by atoms with Crippen molar-refractivity contribution < 1.29 is 4.79 Å². The normalized spacial score (nSPS) is 13.8. The maximum atomic E-state index is 12.5. The van der Waals surface area contributed by atoms with E-state index >= 15 is 0 Å². The number of aromatic nitrogens is 1. The second-order valence-electron chi connectivity index (χ2n) is 5.16. The average Bonchev–Trinajstić information content (AvgIpc) is 3.30. The average molecular weight is 302 g/mol. The first kappa shape index (κ1) is 13.9. The minimum atomic E-state index is -0.0865. The highest BCUT2D eigenvalue weighted by molar-refractivity contribution is 6.30. The number of benzene rings is 1. The van der Waals surface area contributed by atoms with E-state index < -0.39 is 0 Å². The van der Waals surface area contributed by atoms with Crippen molar-refractivity contribution in [1.82, 2.24) is 9.88 Å². The van der Waals surface area contributed by atoms with Crippen LogP contribution in [-0.2, 0) is 6.54 Å². The zero-order valence-electron chi connectivity index (χ0n) is 11.5. The monoisotopic (exact) mass is 301 g/mol. The number of hydrogen-bond donors (Lipinski definition) is 1. The molecule has 0 unspecified atom stereocenters. The Balaban J connectivity index is 1.70. The Hall–Kier alpha value is -2.07. The first-order valence-electron chi connectivity index (χ1n) is 6.94. The van der Waals surface area contributed by atoms with Crippen molar-refractivity contribution in [3.8, 4) is 0 Å². The molecule has 2 aromatic rings. The van der Waals surface area contributed by atoms with Gasteiger partial charge in [-0.05, 0) is 48.7 Å². The van der Waals surface area contributed by atoms with Crippen molar-refractivity contribution in [3.05, 3.63) is 59.4 Å². The van der Waals surface area contributed by atoms with Crippen LogP contribution < -0.4 is 5.32 Å². The summed E-state index contributed by atoms with van der Waals surface area (Å²) >= 11 is 5.94. The molecule has 3 rings (SSSR count). The number of carbonyl (C=O) groups excluding carboxylic acids is 1. The largest absolute Gasteiger partial charge is 0.322 e. The second-order valence-corrected chi connectivity index (χ2v) is 5.59. The fourth-order valence-corrected chi connectivity index (χ4v) is 2.39. The van der Waals surface area contributed by atoms with Gasteiger partial charge in [0.05, 0.1) is 0 Å². The topological polar surface area (TPSA) is 45.2 Å². The Labute approximate surface area is 128 Å².